The van der Waals surface area contributed by atoms with E-state index in [0.717, 1.165) is 0 Å². The lowest BCUT2D eigenvalue weighted by molar-refractivity contribution is 0.0415. The summed E-state index contributed by atoms with van der Waals surface area (Å²) in [4.78, 5) is 0. The molecule has 0 saturated carbocycles. The van der Waals surface area contributed by atoms with Crippen LogP contribution in [0.15, 0.2) is 24.8 Å². The minimum atomic E-state index is -0.911. The molecule has 2 radical (unpaired) electrons. The average molecular weight is 282 g/mol. The Bertz CT molecular complexity index is 281. The molecule has 0 aromatic carbocycles. The second kappa shape index (κ2) is 9.74. The van der Waals surface area contributed by atoms with Gasteiger partial charge in [0.1, 0.15) is 7.57 Å². The van der Waals surface area contributed by atoms with Crippen molar-refractivity contribution in [2.75, 3.05) is 13.3 Å². The van der Waals surface area contributed by atoms with Crippen LogP contribution in [0.2, 0.25) is 0 Å². The number of aliphatic hydroxyl groups excluding tert-OH is 1. The normalized spacial score (nSPS) is 21.6. The highest BCUT2D eigenvalue weighted by Gasteiger charge is 2.30. The Balaban J connectivity index is 4.81. The van der Waals surface area contributed by atoms with Crippen LogP contribution in [0, 0.1) is 23.7 Å². The van der Waals surface area contributed by atoms with Crippen molar-refractivity contribution in [1.82, 2.24) is 0 Å². The van der Waals surface area contributed by atoms with E-state index in [9.17, 15) is 5.11 Å². The summed E-state index contributed by atoms with van der Waals surface area (Å²) < 4.78 is 5.88. The van der Waals surface area contributed by atoms with Crippen LogP contribution in [0.25, 0.3) is 0 Å². The number of rotatable bonds is 9. The Kier molecular flexibility index (Phi) is 9.69. The van der Waals surface area contributed by atoms with Gasteiger partial charge in [-0.05, 0) is 32.4 Å². The molecule has 0 aromatic rings. The summed E-state index contributed by atoms with van der Waals surface area (Å²) in [6.45, 7) is 14.3. The summed E-state index contributed by atoms with van der Waals surface area (Å²) in [6.07, 6.45) is 5.94. The topological polar surface area (TPSA) is 29.5 Å². The maximum absolute atomic E-state index is 9.39. The summed E-state index contributed by atoms with van der Waals surface area (Å²) in [6, 6.07) is 0. The standard InChI is InChI=1S/C15H28BO2P/c1-7-8-9-11(2)13(4)14(5)15(12(3)10-17)18-19(6)16/h7-9,11-15,17H,1,10H2,2-6H3/b9-8-/t11-,12?,13?,14?,15?,19?/m0/s1. The van der Waals surface area contributed by atoms with Crippen molar-refractivity contribution in [3.05, 3.63) is 24.8 Å². The van der Waals surface area contributed by atoms with Crippen LogP contribution in [0.1, 0.15) is 27.7 Å². The number of hydrogen-bond donors (Lipinski definition) is 1. The van der Waals surface area contributed by atoms with E-state index in [0.29, 0.717) is 17.8 Å². The first kappa shape index (κ1) is 18.9. The zero-order valence-electron chi connectivity index (χ0n) is 12.9. The van der Waals surface area contributed by atoms with Gasteiger partial charge in [-0.25, -0.2) is 0 Å². The molecule has 5 unspecified atom stereocenters. The summed E-state index contributed by atoms with van der Waals surface area (Å²) in [5, 5.41) is 9.39. The number of hydrogen-bond acceptors (Lipinski definition) is 2. The van der Waals surface area contributed by atoms with Gasteiger partial charge in [-0.3, -0.25) is 0 Å². The third-order valence-electron chi connectivity index (χ3n) is 3.86. The van der Waals surface area contributed by atoms with E-state index in [-0.39, 0.29) is 18.6 Å². The minimum Gasteiger partial charge on any atom is -0.396 e. The van der Waals surface area contributed by atoms with Crippen molar-refractivity contribution in [2.45, 2.75) is 33.8 Å². The first-order valence-corrected chi connectivity index (χ1v) is 8.68. The second-order valence-electron chi connectivity index (χ2n) is 5.47. The molecule has 0 rings (SSSR count). The molecule has 0 aliphatic carbocycles. The van der Waals surface area contributed by atoms with E-state index in [1.807, 2.05) is 19.7 Å². The van der Waals surface area contributed by atoms with Gasteiger partial charge in [-0.2, -0.15) is 0 Å². The lowest BCUT2D eigenvalue weighted by atomic mass is 9.78. The van der Waals surface area contributed by atoms with Gasteiger partial charge in [0.05, 0.1) is 6.10 Å². The van der Waals surface area contributed by atoms with Gasteiger partial charge in [0.15, 0.2) is 0 Å². The average Bonchev–Trinajstić information content (AvgIpc) is 2.39. The van der Waals surface area contributed by atoms with Gasteiger partial charge in [0, 0.05) is 12.5 Å². The lowest BCUT2D eigenvalue weighted by Gasteiger charge is -2.35. The first-order valence-electron chi connectivity index (χ1n) is 6.90. The minimum absolute atomic E-state index is 0.000641. The molecule has 0 amide bonds. The van der Waals surface area contributed by atoms with Gasteiger partial charge < -0.3 is 9.63 Å². The molecule has 108 valence electrons. The molecule has 19 heavy (non-hydrogen) atoms. The van der Waals surface area contributed by atoms with Crippen molar-refractivity contribution in [2.24, 2.45) is 23.7 Å². The molecule has 0 aliphatic heterocycles. The Morgan fingerprint density at radius 3 is 2.26 bits per heavy atom. The third-order valence-corrected chi connectivity index (χ3v) is 4.44. The Morgan fingerprint density at radius 2 is 1.84 bits per heavy atom. The van der Waals surface area contributed by atoms with E-state index >= 15 is 0 Å². The second-order valence-corrected chi connectivity index (χ2v) is 6.78. The van der Waals surface area contributed by atoms with Gasteiger partial charge in [0.25, 0.3) is 0 Å². The predicted molar refractivity (Wildman–Crippen MR) is 86.5 cm³/mol. The van der Waals surface area contributed by atoms with Crippen molar-refractivity contribution < 1.29 is 9.63 Å². The van der Waals surface area contributed by atoms with Crippen LogP contribution in [0.5, 0.6) is 0 Å². The monoisotopic (exact) mass is 282 g/mol. The van der Waals surface area contributed by atoms with E-state index < -0.39 is 8.03 Å². The number of allylic oxidation sites excluding steroid dienone is 3. The molecular formula is C15H28BO2P. The highest BCUT2D eigenvalue weighted by atomic mass is 31.1. The molecular weight excluding hydrogens is 254 g/mol. The van der Waals surface area contributed by atoms with Gasteiger partial charge in [-0.15, -0.1) is 0 Å². The Hall–Kier alpha value is -0.105. The molecule has 0 aromatic heterocycles. The zero-order valence-corrected chi connectivity index (χ0v) is 13.8. The van der Waals surface area contributed by atoms with Crippen LogP contribution in [0.4, 0.5) is 0 Å². The van der Waals surface area contributed by atoms with E-state index in [4.69, 9.17) is 12.1 Å². The highest BCUT2D eigenvalue weighted by Crippen LogP contribution is 2.37. The maximum atomic E-state index is 9.39. The molecule has 0 heterocycles. The third kappa shape index (κ3) is 6.74. The molecule has 0 fully saturated rings. The number of aliphatic hydroxyl groups is 1. The molecule has 0 bridgehead atoms. The summed E-state index contributed by atoms with van der Waals surface area (Å²) in [5.41, 5.74) is 0. The largest absolute Gasteiger partial charge is 0.396 e. The summed E-state index contributed by atoms with van der Waals surface area (Å²) in [7, 11) is 4.90. The van der Waals surface area contributed by atoms with Crippen LogP contribution in [-0.4, -0.2) is 32.0 Å². The predicted octanol–water partition coefficient (Wildman–Crippen LogP) is 3.76. The van der Waals surface area contributed by atoms with Gasteiger partial charge in [0.2, 0.25) is 0 Å². The van der Waals surface area contributed by atoms with E-state index in [2.05, 4.69) is 33.4 Å². The quantitative estimate of drug-likeness (QED) is 0.396. The Morgan fingerprint density at radius 1 is 1.26 bits per heavy atom. The molecule has 4 heteroatoms. The van der Waals surface area contributed by atoms with Crippen LogP contribution in [-0.2, 0) is 4.52 Å². The maximum Gasteiger partial charge on any atom is 0.148 e. The smallest absolute Gasteiger partial charge is 0.148 e. The first-order chi connectivity index (χ1) is 8.84. The van der Waals surface area contributed by atoms with Crippen molar-refractivity contribution in [3.63, 3.8) is 0 Å². The fourth-order valence-corrected chi connectivity index (χ4v) is 3.00. The lowest BCUT2D eigenvalue weighted by Crippen LogP contribution is -2.35. The molecule has 0 aliphatic rings. The molecule has 0 saturated heterocycles. The van der Waals surface area contributed by atoms with Gasteiger partial charge in [-0.1, -0.05) is 52.5 Å². The SMILES string of the molecule is [B]P(C)OC(C(C)CO)C(C)C(C)[C@@H](C)/C=C\C=C. The Labute approximate surface area is 121 Å². The fraction of sp³-hybridized carbons (Fsp3) is 0.733. The molecule has 0 spiro atoms. The van der Waals surface area contributed by atoms with Crippen LogP contribution < -0.4 is 0 Å². The van der Waals surface area contributed by atoms with E-state index in [1.165, 1.54) is 0 Å². The molecule has 6 atom stereocenters. The van der Waals surface area contributed by atoms with Crippen molar-refractivity contribution >= 4 is 15.6 Å². The zero-order chi connectivity index (χ0) is 15.0. The molecule has 1 N–H and O–H groups in total. The van der Waals surface area contributed by atoms with Crippen LogP contribution >= 0.6 is 8.03 Å². The fourth-order valence-electron chi connectivity index (χ4n) is 2.22. The highest BCUT2D eigenvalue weighted by molar-refractivity contribution is 7.77. The van der Waals surface area contributed by atoms with Crippen molar-refractivity contribution in [1.29, 1.82) is 0 Å². The van der Waals surface area contributed by atoms with Crippen molar-refractivity contribution in [3.8, 4) is 0 Å². The van der Waals surface area contributed by atoms with Crippen LogP contribution in [0.3, 0.4) is 0 Å². The summed E-state index contributed by atoms with van der Waals surface area (Å²) >= 11 is 0. The summed E-state index contributed by atoms with van der Waals surface area (Å²) in [5.74, 6) is 1.32. The van der Waals surface area contributed by atoms with E-state index in [1.54, 1.807) is 6.08 Å². The molecule has 2 nitrogen and oxygen atoms in total. The van der Waals surface area contributed by atoms with Gasteiger partial charge >= 0.3 is 0 Å².